The molecule has 8 nitrogen and oxygen atoms in total. The normalized spacial score (nSPS) is 30.2. The average Bonchev–Trinajstić information content (AvgIpc) is 3.49. The van der Waals surface area contributed by atoms with E-state index in [1.54, 1.807) is 55.0 Å². The fraction of sp³-hybridized carbons (Fsp3) is 0.483. The van der Waals surface area contributed by atoms with Crippen molar-refractivity contribution in [3.8, 4) is 5.75 Å². The maximum atomic E-state index is 14.3. The van der Waals surface area contributed by atoms with E-state index in [-0.39, 0.29) is 31.0 Å². The van der Waals surface area contributed by atoms with Crippen molar-refractivity contribution in [2.24, 2.45) is 11.8 Å². The number of nitrogens with zero attached hydrogens (tertiary/aromatic N) is 1. The Bertz CT molecular complexity index is 1210. The van der Waals surface area contributed by atoms with E-state index in [0.717, 1.165) is 5.56 Å². The number of carbonyl (C=O) groups is 3. The number of aliphatic hydroxyl groups excluding tert-OH is 1. The number of aliphatic hydroxyl groups is 1. The Hall–Kier alpha value is -3.04. The van der Waals surface area contributed by atoms with Gasteiger partial charge in [-0.15, -0.1) is 11.8 Å². The fourth-order valence-electron chi connectivity index (χ4n) is 6.67. The molecule has 3 saturated heterocycles. The molecular formula is C29H34N2O6S. The maximum Gasteiger partial charge on any atom is 0.311 e. The Morgan fingerprint density at radius 1 is 1.16 bits per heavy atom. The maximum absolute atomic E-state index is 14.3. The number of anilines is 1. The van der Waals surface area contributed by atoms with Gasteiger partial charge in [-0.05, 0) is 62.9 Å². The number of likely N-dealkylation sites (tertiary alicyclic amines) is 1. The molecule has 2 amide bonds. The smallest absolute Gasteiger partial charge is 0.311 e. The van der Waals surface area contributed by atoms with Crippen LogP contribution in [-0.4, -0.2) is 69.7 Å². The van der Waals surface area contributed by atoms with Crippen LogP contribution in [0, 0.1) is 11.8 Å². The summed E-state index contributed by atoms with van der Waals surface area (Å²) in [6.45, 7) is 3.69. The van der Waals surface area contributed by atoms with E-state index in [2.05, 4.69) is 5.32 Å². The third-order valence-corrected chi connectivity index (χ3v) is 10.3. The highest BCUT2D eigenvalue weighted by Gasteiger charge is 2.78. The van der Waals surface area contributed by atoms with Crippen molar-refractivity contribution in [2.45, 2.75) is 54.7 Å². The lowest BCUT2D eigenvalue weighted by atomic mass is 9.66. The molecule has 0 saturated carbocycles. The van der Waals surface area contributed by atoms with Crippen molar-refractivity contribution in [2.75, 3.05) is 25.6 Å². The van der Waals surface area contributed by atoms with Gasteiger partial charge >= 0.3 is 5.97 Å². The van der Waals surface area contributed by atoms with Crippen LogP contribution in [-0.2, 0) is 25.5 Å². The number of benzene rings is 2. The topological polar surface area (TPSA) is 105 Å². The molecule has 6 atom stereocenters. The van der Waals surface area contributed by atoms with Crippen LogP contribution < -0.4 is 10.1 Å². The van der Waals surface area contributed by atoms with Gasteiger partial charge in [0.15, 0.2) is 0 Å². The highest BCUT2D eigenvalue weighted by atomic mass is 32.2. The molecule has 2 aromatic rings. The minimum absolute atomic E-state index is 0.225. The Kier molecular flexibility index (Phi) is 7.17. The van der Waals surface area contributed by atoms with Gasteiger partial charge < -0.3 is 24.8 Å². The first-order chi connectivity index (χ1) is 18.3. The van der Waals surface area contributed by atoms with Crippen LogP contribution in [0.25, 0.3) is 0 Å². The predicted octanol–water partition coefficient (Wildman–Crippen LogP) is 3.28. The van der Waals surface area contributed by atoms with Gasteiger partial charge in [0.05, 0.1) is 42.9 Å². The second kappa shape index (κ2) is 10.3. The Morgan fingerprint density at radius 2 is 1.87 bits per heavy atom. The zero-order chi connectivity index (χ0) is 27.1. The Labute approximate surface area is 227 Å². The SMILES string of the molecule is CCOC(=O)[C@H]1[C@H]2C(=O)N([C@@H](CO)Cc3ccccc3)C(C(=O)Nc3ccc(OC)cc3)C23CC[C@]1(C)S3. The lowest BCUT2D eigenvalue weighted by Gasteiger charge is -2.37. The van der Waals surface area contributed by atoms with Gasteiger partial charge in [-0.3, -0.25) is 14.4 Å². The molecule has 38 heavy (non-hydrogen) atoms. The van der Waals surface area contributed by atoms with Gasteiger partial charge in [-0.1, -0.05) is 30.3 Å². The third-order valence-electron chi connectivity index (χ3n) is 8.28. The molecule has 2 aromatic carbocycles. The average molecular weight is 539 g/mol. The van der Waals surface area contributed by atoms with Crippen LogP contribution in [0.15, 0.2) is 54.6 Å². The number of ether oxygens (including phenoxy) is 2. The highest BCUT2D eigenvalue weighted by molar-refractivity contribution is 8.02. The van der Waals surface area contributed by atoms with Crippen molar-refractivity contribution in [1.29, 1.82) is 0 Å². The van der Waals surface area contributed by atoms with Gasteiger partial charge in [0.2, 0.25) is 11.8 Å². The summed E-state index contributed by atoms with van der Waals surface area (Å²) in [6.07, 6.45) is 1.72. The summed E-state index contributed by atoms with van der Waals surface area (Å²) in [6, 6.07) is 15.2. The fourth-order valence-corrected chi connectivity index (χ4v) is 9.00. The number of carbonyl (C=O) groups excluding carboxylic acids is 3. The first kappa shape index (κ1) is 26.6. The second-order valence-corrected chi connectivity index (χ2v) is 12.4. The quantitative estimate of drug-likeness (QED) is 0.472. The lowest BCUT2D eigenvalue weighted by molar-refractivity contribution is -0.155. The third kappa shape index (κ3) is 4.25. The highest BCUT2D eigenvalue weighted by Crippen LogP contribution is 2.71. The van der Waals surface area contributed by atoms with Crippen molar-refractivity contribution in [1.82, 2.24) is 4.90 Å². The number of amides is 2. The molecule has 0 radical (unpaired) electrons. The largest absolute Gasteiger partial charge is 0.497 e. The summed E-state index contributed by atoms with van der Waals surface area (Å²) >= 11 is 1.58. The summed E-state index contributed by atoms with van der Waals surface area (Å²) in [5.74, 6) is -1.64. The monoisotopic (exact) mass is 538 g/mol. The molecule has 3 heterocycles. The van der Waals surface area contributed by atoms with Gasteiger partial charge in [0.25, 0.3) is 0 Å². The van der Waals surface area contributed by atoms with E-state index in [0.29, 0.717) is 30.7 Å². The standard InChI is InChI=1S/C29H34N2O6S/c1-4-37-27(35)23-22-26(34)31(20(17-32)16-18-8-6-5-7-9-18)24(29(22)15-14-28(23,2)38-29)25(33)30-19-10-12-21(36-3)13-11-19/h5-13,20,22-24,32H,4,14-17H2,1-3H3,(H,30,33)/t20-,22+,23-,24?,28+,29?/m1/s1. The molecule has 0 aliphatic carbocycles. The number of thioether (sulfide) groups is 1. The molecule has 5 rings (SSSR count). The first-order valence-electron chi connectivity index (χ1n) is 13.1. The molecule has 3 aliphatic rings. The summed E-state index contributed by atoms with van der Waals surface area (Å²) < 4.78 is 9.39. The second-order valence-electron chi connectivity index (χ2n) is 10.5. The van der Waals surface area contributed by atoms with E-state index in [1.807, 2.05) is 37.3 Å². The number of methoxy groups -OCH3 is 1. The summed E-state index contributed by atoms with van der Waals surface area (Å²) in [7, 11) is 1.57. The number of hydrogen-bond donors (Lipinski definition) is 2. The molecule has 2 bridgehead atoms. The van der Waals surface area contributed by atoms with E-state index in [4.69, 9.17) is 9.47 Å². The van der Waals surface area contributed by atoms with Crippen molar-refractivity contribution >= 4 is 35.2 Å². The van der Waals surface area contributed by atoms with Crippen LogP contribution in [0.4, 0.5) is 5.69 Å². The molecule has 2 N–H and O–H groups in total. The van der Waals surface area contributed by atoms with Crippen molar-refractivity contribution in [3.63, 3.8) is 0 Å². The zero-order valence-electron chi connectivity index (χ0n) is 21.9. The van der Waals surface area contributed by atoms with E-state index in [9.17, 15) is 19.5 Å². The molecule has 1 spiro atoms. The lowest BCUT2D eigenvalue weighted by Crippen LogP contribution is -2.55. The molecular weight excluding hydrogens is 504 g/mol. The van der Waals surface area contributed by atoms with Crippen molar-refractivity contribution < 1.29 is 29.0 Å². The minimum Gasteiger partial charge on any atom is -0.497 e. The first-order valence-corrected chi connectivity index (χ1v) is 13.9. The molecule has 9 heteroatoms. The molecule has 202 valence electrons. The van der Waals surface area contributed by atoms with Gasteiger partial charge in [0.1, 0.15) is 11.8 Å². The van der Waals surface area contributed by atoms with Gasteiger partial charge in [0, 0.05) is 10.4 Å². The summed E-state index contributed by atoms with van der Waals surface area (Å²) in [4.78, 5) is 43.1. The van der Waals surface area contributed by atoms with E-state index < -0.39 is 33.4 Å². The number of nitrogens with one attached hydrogen (secondary N) is 1. The number of rotatable bonds is 9. The Balaban J connectivity index is 1.55. The van der Waals surface area contributed by atoms with E-state index in [1.165, 1.54) is 0 Å². The van der Waals surface area contributed by atoms with Crippen molar-refractivity contribution in [3.05, 3.63) is 60.2 Å². The minimum atomic E-state index is -0.853. The van der Waals surface area contributed by atoms with Crippen LogP contribution in [0.2, 0.25) is 0 Å². The Morgan fingerprint density at radius 3 is 2.50 bits per heavy atom. The van der Waals surface area contributed by atoms with Crippen LogP contribution in [0.5, 0.6) is 5.75 Å². The van der Waals surface area contributed by atoms with Crippen LogP contribution in [0.3, 0.4) is 0 Å². The molecule has 0 aromatic heterocycles. The molecule has 3 aliphatic heterocycles. The summed E-state index contributed by atoms with van der Waals surface area (Å²) in [5, 5.41) is 13.5. The molecule has 3 fully saturated rings. The zero-order valence-corrected chi connectivity index (χ0v) is 22.7. The number of esters is 1. The number of fused-ring (bicyclic) bond motifs is 1. The van der Waals surface area contributed by atoms with Gasteiger partial charge in [-0.25, -0.2) is 0 Å². The van der Waals surface area contributed by atoms with Crippen LogP contribution in [0.1, 0.15) is 32.3 Å². The van der Waals surface area contributed by atoms with Crippen LogP contribution >= 0.6 is 11.8 Å². The number of hydrogen-bond acceptors (Lipinski definition) is 7. The summed E-state index contributed by atoms with van der Waals surface area (Å²) in [5.41, 5.74) is 1.53. The van der Waals surface area contributed by atoms with Gasteiger partial charge in [-0.2, -0.15) is 0 Å². The predicted molar refractivity (Wildman–Crippen MR) is 145 cm³/mol. The van der Waals surface area contributed by atoms with E-state index >= 15 is 0 Å². The molecule has 2 unspecified atom stereocenters.